The number of carbonyl (C=O) groups excluding carboxylic acids is 1. The Morgan fingerprint density at radius 3 is 2.43 bits per heavy atom. The SMILES string of the molecule is CC[C@H](Oc1ccc2ccccc2c1)C(=O)NCc1ccc(N2CCCCC2)cc1. The highest BCUT2D eigenvalue weighted by atomic mass is 16.5. The van der Waals surface area contributed by atoms with Crippen molar-refractivity contribution in [2.45, 2.75) is 45.3 Å². The van der Waals surface area contributed by atoms with Crippen LogP contribution in [0.2, 0.25) is 0 Å². The van der Waals surface area contributed by atoms with E-state index in [1.807, 2.05) is 37.3 Å². The predicted molar refractivity (Wildman–Crippen MR) is 123 cm³/mol. The summed E-state index contributed by atoms with van der Waals surface area (Å²) in [5.41, 5.74) is 2.38. The van der Waals surface area contributed by atoms with Crippen LogP contribution in [0.3, 0.4) is 0 Å². The van der Waals surface area contributed by atoms with E-state index < -0.39 is 6.10 Å². The summed E-state index contributed by atoms with van der Waals surface area (Å²) in [6.07, 6.45) is 3.99. The monoisotopic (exact) mass is 402 g/mol. The van der Waals surface area contributed by atoms with Gasteiger partial charge in [0.25, 0.3) is 5.91 Å². The first-order valence-electron chi connectivity index (χ1n) is 11.0. The highest BCUT2D eigenvalue weighted by molar-refractivity contribution is 5.84. The standard InChI is InChI=1S/C26H30N2O2/c1-2-25(30-24-15-12-21-8-4-5-9-22(21)18-24)26(29)27-19-20-10-13-23(14-11-20)28-16-6-3-7-17-28/h4-5,8-15,18,25H,2-3,6-7,16-17,19H2,1H3,(H,27,29)/t25-/m0/s1. The van der Waals surface area contributed by atoms with Crippen molar-refractivity contribution in [2.24, 2.45) is 0 Å². The van der Waals surface area contributed by atoms with Crippen molar-refractivity contribution in [1.29, 1.82) is 0 Å². The molecule has 1 saturated heterocycles. The molecule has 0 unspecified atom stereocenters. The minimum atomic E-state index is -0.501. The molecule has 0 saturated carbocycles. The normalized spacial score (nSPS) is 15.0. The lowest BCUT2D eigenvalue weighted by atomic mass is 10.1. The Balaban J connectivity index is 1.33. The molecule has 0 spiro atoms. The molecule has 3 aromatic carbocycles. The minimum Gasteiger partial charge on any atom is -0.481 e. The van der Waals surface area contributed by atoms with Gasteiger partial charge in [-0.15, -0.1) is 0 Å². The van der Waals surface area contributed by atoms with Crippen molar-refractivity contribution < 1.29 is 9.53 Å². The second kappa shape index (κ2) is 9.66. The molecule has 1 fully saturated rings. The van der Waals surface area contributed by atoms with Crippen LogP contribution < -0.4 is 15.0 Å². The van der Waals surface area contributed by atoms with E-state index in [0.717, 1.165) is 35.2 Å². The van der Waals surface area contributed by atoms with E-state index in [-0.39, 0.29) is 5.91 Å². The molecule has 156 valence electrons. The van der Waals surface area contributed by atoms with Crippen molar-refractivity contribution in [1.82, 2.24) is 5.32 Å². The fraction of sp³-hybridized carbons (Fsp3) is 0.346. The molecule has 0 bridgehead atoms. The van der Waals surface area contributed by atoms with Crippen LogP contribution in [0, 0.1) is 0 Å². The summed E-state index contributed by atoms with van der Waals surface area (Å²) in [4.78, 5) is 15.1. The fourth-order valence-corrected chi connectivity index (χ4v) is 4.01. The first-order chi connectivity index (χ1) is 14.7. The molecule has 1 amide bonds. The van der Waals surface area contributed by atoms with Crippen LogP contribution in [0.25, 0.3) is 10.8 Å². The number of hydrogen-bond donors (Lipinski definition) is 1. The third kappa shape index (κ3) is 4.93. The maximum atomic E-state index is 12.7. The molecule has 0 radical (unpaired) electrons. The molecular formula is C26H30N2O2. The van der Waals surface area contributed by atoms with E-state index in [1.165, 1.54) is 24.9 Å². The van der Waals surface area contributed by atoms with Gasteiger partial charge in [0.1, 0.15) is 5.75 Å². The Morgan fingerprint density at radius 2 is 1.70 bits per heavy atom. The average molecular weight is 403 g/mol. The lowest BCUT2D eigenvalue weighted by molar-refractivity contribution is -0.128. The van der Waals surface area contributed by atoms with E-state index in [0.29, 0.717) is 13.0 Å². The van der Waals surface area contributed by atoms with E-state index in [9.17, 15) is 4.79 Å². The van der Waals surface area contributed by atoms with Gasteiger partial charge in [-0.05, 0) is 66.3 Å². The summed E-state index contributed by atoms with van der Waals surface area (Å²) >= 11 is 0. The van der Waals surface area contributed by atoms with E-state index >= 15 is 0 Å². The topological polar surface area (TPSA) is 41.6 Å². The van der Waals surface area contributed by atoms with Gasteiger partial charge in [-0.3, -0.25) is 4.79 Å². The Morgan fingerprint density at radius 1 is 0.967 bits per heavy atom. The second-order valence-electron chi connectivity index (χ2n) is 7.96. The Hall–Kier alpha value is -3.01. The quantitative estimate of drug-likeness (QED) is 0.583. The number of hydrogen-bond acceptors (Lipinski definition) is 3. The number of nitrogens with one attached hydrogen (secondary N) is 1. The van der Waals surface area contributed by atoms with Crippen LogP contribution in [0.4, 0.5) is 5.69 Å². The summed E-state index contributed by atoms with van der Waals surface area (Å²) in [6.45, 7) is 4.76. The molecule has 1 heterocycles. The summed E-state index contributed by atoms with van der Waals surface area (Å²) in [5.74, 6) is 0.646. The molecule has 4 nitrogen and oxygen atoms in total. The first kappa shape index (κ1) is 20.3. The van der Waals surface area contributed by atoms with Crippen LogP contribution in [0.5, 0.6) is 5.75 Å². The summed E-state index contributed by atoms with van der Waals surface area (Å²) in [5, 5.41) is 5.30. The third-order valence-corrected chi connectivity index (χ3v) is 5.79. The van der Waals surface area contributed by atoms with E-state index in [1.54, 1.807) is 0 Å². The van der Waals surface area contributed by atoms with Gasteiger partial charge in [-0.1, -0.05) is 49.4 Å². The molecule has 0 aliphatic carbocycles. The second-order valence-corrected chi connectivity index (χ2v) is 7.96. The van der Waals surface area contributed by atoms with Gasteiger partial charge in [0.15, 0.2) is 6.10 Å². The number of amides is 1. The number of carbonyl (C=O) groups is 1. The number of rotatable bonds is 7. The van der Waals surface area contributed by atoms with Gasteiger partial charge in [0.2, 0.25) is 0 Å². The maximum absolute atomic E-state index is 12.7. The predicted octanol–water partition coefficient (Wildman–Crippen LogP) is 5.30. The van der Waals surface area contributed by atoms with Gasteiger partial charge in [0.05, 0.1) is 0 Å². The van der Waals surface area contributed by atoms with Crippen molar-refractivity contribution >= 4 is 22.4 Å². The number of benzene rings is 3. The van der Waals surface area contributed by atoms with Crippen LogP contribution in [-0.4, -0.2) is 25.1 Å². The molecule has 1 atom stereocenters. The van der Waals surface area contributed by atoms with Crippen LogP contribution in [-0.2, 0) is 11.3 Å². The molecular weight excluding hydrogens is 372 g/mol. The smallest absolute Gasteiger partial charge is 0.261 e. The summed E-state index contributed by atoms with van der Waals surface area (Å²) in [7, 11) is 0. The van der Waals surface area contributed by atoms with Crippen LogP contribution in [0.1, 0.15) is 38.2 Å². The number of nitrogens with zero attached hydrogens (tertiary/aromatic N) is 1. The van der Waals surface area contributed by atoms with Gasteiger partial charge in [0, 0.05) is 25.3 Å². The zero-order valence-corrected chi connectivity index (χ0v) is 17.6. The zero-order valence-electron chi connectivity index (χ0n) is 17.6. The highest BCUT2D eigenvalue weighted by Crippen LogP contribution is 2.22. The summed E-state index contributed by atoms with van der Waals surface area (Å²) in [6, 6.07) is 22.6. The zero-order chi connectivity index (χ0) is 20.8. The molecule has 1 N–H and O–H groups in total. The van der Waals surface area contributed by atoms with Crippen molar-refractivity contribution in [3.8, 4) is 5.75 Å². The maximum Gasteiger partial charge on any atom is 0.261 e. The van der Waals surface area contributed by atoms with Gasteiger partial charge >= 0.3 is 0 Å². The van der Waals surface area contributed by atoms with Crippen molar-refractivity contribution in [3.63, 3.8) is 0 Å². The number of fused-ring (bicyclic) bond motifs is 1. The lowest BCUT2D eigenvalue weighted by Gasteiger charge is -2.28. The summed E-state index contributed by atoms with van der Waals surface area (Å²) < 4.78 is 6.00. The van der Waals surface area contributed by atoms with Gasteiger partial charge < -0.3 is 15.0 Å². The van der Waals surface area contributed by atoms with Crippen molar-refractivity contribution in [2.75, 3.05) is 18.0 Å². The number of ether oxygens (including phenoxy) is 1. The number of piperidine rings is 1. The van der Waals surface area contributed by atoms with Gasteiger partial charge in [-0.2, -0.15) is 0 Å². The Kier molecular flexibility index (Phi) is 6.53. The first-order valence-corrected chi connectivity index (χ1v) is 11.0. The molecule has 1 aliphatic rings. The minimum absolute atomic E-state index is 0.0780. The third-order valence-electron chi connectivity index (χ3n) is 5.79. The molecule has 30 heavy (non-hydrogen) atoms. The Labute approximate surface area is 178 Å². The molecule has 4 heteroatoms. The molecule has 1 aliphatic heterocycles. The molecule has 4 rings (SSSR count). The van der Waals surface area contributed by atoms with Crippen LogP contribution >= 0.6 is 0 Å². The molecule has 3 aromatic rings. The highest BCUT2D eigenvalue weighted by Gasteiger charge is 2.18. The Bertz CT molecular complexity index is 978. The largest absolute Gasteiger partial charge is 0.481 e. The van der Waals surface area contributed by atoms with E-state index in [2.05, 4.69) is 46.6 Å². The lowest BCUT2D eigenvalue weighted by Crippen LogP contribution is -2.37. The number of anilines is 1. The average Bonchev–Trinajstić information content (AvgIpc) is 2.82. The molecule has 0 aromatic heterocycles. The van der Waals surface area contributed by atoms with Gasteiger partial charge in [-0.25, -0.2) is 0 Å². The fourth-order valence-electron chi connectivity index (χ4n) is 4.01. The van der Waals surface area contributed by atoms with E-state index in [4.69, 9.17) is 4.74 Å². The van der Waals surface area contributed by atoms with Crippen molar-refractivity contribution in [3.05, 3.63) is 72.3 Å². The van der Waals surface area contributed by atoms with Crippen LogP contribution in [0.15, 0.2) is 66.7 Å².